The molecule has 2 amide bonds. The van der Waals surface area contributed by atoms with Gasteiger partial charge < -0.3 is 19.7 Å². The molecule has 1 aliphatic rings. The quantitative estimate of drug-likeness (QED) is 0.571. The maximum atomic E-state index is 11.8. The summed E-state index contributed by atoms with van der Waals surface area (Å²) in [6.07, 6.45) is 0.774. The van der Waals surface area contributed by atoms with Crippen LogP contribution in [0, 0.1) is 0 Å². The van der Waals surface area contributed by atoms with Gasteiger partial charge in [-0.25, -0.2) is 0 Å². The summed E-state index contributed by atoms with van der Waals surface area (Å²) >= 11 is 0. The second-order valence-corrected chi connectivity index (χ2v) is 5.09. The van der Waals surface area contributed by atoms with E-state index in [1.807, 2.05) is 0 Å². The topological polar surface area (TPSA) is 71.1 Å². The Morgan fingerprint density at radius 2 is 2.05 bits per heavy atom. The SMILES string of the molecule is COCCCNC(=O)CN(CCN1CCOCC1)C(C)=O. The van der Waals surface area contributed by atoms with Crippen molar-refractivity contribution in [2.75, 3.05) is 66.2 Å². The predicted octanol–water partition coefficient (Wildman–Crippen LogP) is -0.680. The van der Waals surface area contributed by atoms with Gasteiger partial charge in [0, 0.05) is 53.4 Å². The number of nitrogens with zero attached hydrogens (tertiary/aromatic N) is 2. The molecule has 7 heteroatoms. The molecule has 1 rings (SSSR count). The highest BCUT2D eigenvalue weighted by Gasteiger charge is 2.16. The molecule has 1 N–H and O–H groups in total. The number of nitrogens with one attached hydrogen (secondary N) is 1. The molecule has 1 aliphatic heterocycles. The number of rotatable bonds is 9. The Hall–Kier alpha value is -1.18. The van der Waals surface area contributed by atoms with Crippen molar-refractivity contribution in [1.29, 1.82) is 0 Å². The standard InChI is InChI=1S/C14H27N3O4/c1-13(18)17(6-5-16-7-10-21-11-8-16)12-14(19)15-4-3-9-20-2/h3-12H2,1-2H3,(H,15,19). The summed E-state index contributed by atoms with van der Waals surface area (Å²) in [6.45, 7) is 7.39. The lowest BCUT2D eigenvalue weighted by atomic mass is 10.3. The van der Waals surface area contributed by atoms with Crippen LogP contribution < -0.4 is 5.32 Å². The van der Waals surface area contributed by atoms with E-state index >= 15 is 0 Å². The largest absolute Gasteiger partial charge is 0.385 e. The van der Waals surface area contributed by atoms with Crippen molar-refractivity contribution in [2.45, 2.75) is 13.3 Å². The lowest BCUT2D eigenvalue weighted by Gasteiger charge is -2.29. The zero-order valence-electron chi connectivity index (χ0n) is 13.1. The molecular weight excluding hydrogens is 274 g/mol. The van der Waals surface area contributed by atoms with Crippen LogP contribution in [0.5, 0.6) is 0 Å². The van der Waals surface area contributed by atoms with Gasteiger partial charge in [0.05, 0.1) is 19.8 Å². The van der Waals surface area contributed by atoms with E-state index in [1.165, 1.54) is 6.92 Å². The van der Waals surface area contributed by atoms with Crippen LogP contribution >= 0.6 is 0 Å². The van der Waals surface area contributed by atoms with E-state index in [9.17, 15) is 9.59 Å². The van der Waals surface area contributed by atoms with Gasteiger partial charge in [-0.2, -0.15) is 0 Å². The van der Waals surface area contributed by atoms with Crippen molar-refractivity contribution in [2.24, 2.45) is 0 Å². The normalized spacial score (nSPS) is 15.7. The second kappa shape index (κ2) is 10.5. The van der Waals surface area contributed by atoms with Crippen molar-refractivity contribution < 1.29 is 19.1 Å². The van der Waals surface area contributed by atoms with E-state index in [0.717, 1.165) is 39.3 Å². The molecule has 0 aromatic rings. The fourth-order valence-electron chi connectivity index (χ4n) is 2.11. The van der Waals surface area contributed by atoms with Gasteiger partial charge in [-0.05, 0) is 6.42 Å². The van der Waals surface area contributed by atoms with Crippen LogP contribution in [-0.2, 0) is 19.1 Å². The highest BCUT2D eigenvalue weighted by Crippen LogP contribution is 1.98. The molecule has 0 aromatic heterocycles. The molecule has 1 heterocycles. The van der Waals surface area contributed by atoms with Gasteiger partial charge in [-0.3, -0.25) is 14.5 Å². The van der Waals surface area contributed by atoms with Gasteiger partial charge in [0.15, 0.2) is 0 Å². The Labute approximate surface area is 126 Å². The van der Waals surface area contributed by atoms with Crippen LogP contribution in [0.3, 0.4) is 0 Å². The highest BCUT2D eigenvalue weighted by atomic mass is 16.5. The lowest BCUT2D eigenvalue weighted by Crippen LogP contribution is -2.45. The van der Waals surface area contributed by atoms with Crippen LogP contribution in [0.15, 0.2) is 0 Å². The Kier molecular flexibility index (Phi) is 8.96. The zero-order chi connectivity index (χ0) is 15.5. The minimum Gasteiger partial charge on any atom is -0.385 e. The fraction of sp³-hybridized carbons (Fsp3) is 0.857. The van der Waals surface area contributed by atoms with Crippen molar-refractivity contribution in [3.63, 3.8) is 0 Å². The number of carbonyl (C=O) groups is 2. The summed E-state index contributed by atoms with van der Waals surface area (Å²) in [5.41, 5.74) is 0. The molecule has 0 bridgehead atoms. The Bertz CT molecular complexity index is 319. The molecule has 0 radical (unpaired) electrons. The maximum Gasteiger partial charge on any atom is 0.239 e. The molecule has 122 valence electrons. The lowest BCUT2D eigenvalue weighted by molar-refractivity contribution is -0.134. The number of hydrogen-bond donors (Lipinski definition) is 1. The first kappa shape index (κ1) is 17.9. The van der Waals surface area contributed by atoms with Crippen LogP contribution in [-0.4, -0.2) is 87.8 Å². The van der Waals surface area contributed by atoms with Gasteiger partial charge >= 0.3 is 0 Å². The summed E-state index contributed by atoms with van der Waals surface area (Å²) in [6, 6.07) is 0. The summed E-state index contributed by atoms with van der Waals surface area (Å²) in [5, 5.41) is 2.79. The first-order valence-corrected chi connectivity index (χ1v) is 7.44. The number of ether oxygens (including phenoxy) is 2. The Morgan fingerprint density at radius 1 is 1.33 bits per heavy atom. The summed E-state index contributed by atoms with van der Waals surface area (Å²) < 4.78 is 10.2. The van der Waals surface area contributed by atoms with Gasteiger partial charge in [-0.15, -0.1) is 0 Å². The molecule has 0 aromatic carbocycles. The summed E-state index contributed by atoms with van der Waals surface area (Å²) in [7, 11) is 1.63. The van der Waals surface area contributed by atoms with Crippen LogP contribution in [0.25, 0.3) is 0 Å². The van der Waals surface area contributed by atoms with E-state index in [4.69, 9.17) is 9.47 Å². The third-order valence-electron chi connectivity index (χ3n) is 3.42. The van der Waals surface area contributed by atoms with E-state index in [2.05, 4.69) is 10.2 Å². The molecule has 1 saturated heterocycles. The minimum absolute atomic E-state index is 0.0738. The molecule has 7 nitrogen and oxygen atoms in total. The molecule has 0 unspecified atom stereocenters. The number of hydrogen-bond acceptors (Lipinski definition) is 5. The molecule has 0 aliphatic carbocycles. The highest BCUT2D eigenvalue weighted by molar-refractivity contribution is 5.83. The van der Waals surface area contributed by atoms with Crippen LogP contribution in [0.1, 0.15) is 13.3 Å². The van der Waals surface area contributed by atoms with Gasteiger partial charge in [0.25, 0.3) is 0 Å². The third kappa shape index (κ3) is 7.99. The number of amides is 2. The first-order valence-electron chi connectivity index (χ1n) is 7.44. The average molecular weight is 301 g/mol. The molecule has 0 saturated carbocycles. The van der Waals surface area contributed by atoms with Gasteiger partial charge in [-0.1, -0.05) is 0 Å². The van der Waals surface area contributed by atoms with E-state index in [1.54, 1.807) is 12.0 Å². The van der Waals surface area contributed by atoms with Gasteiger partial charge in [0.2, 0.25) is 11.8 Å². The Balaban J connectivity index is 2.25. The minimum atomic E-state index is -0.122. The number of methoxy groups -OCH3 is 1. The third-order valence-corrected chi connectivity index (χ3v) is 3.42. The summed E-state index contributed by atoms with van der Waals surface area (Å²) in [4.78, 5) is 27.2. The van der Waals surface area contributed by atoms with Gasteiger partial charge in [0.1, 0.15) is 0 Å². The smallest absolute Gasteiger partial charge is 0.239 e. The maximum absolute atomic E-state index is 11.8. The average Bonchev–Trinajstić information content (AvgIpc) is 2.48. The first-order chi connectivity index (χ1) is 10.1. The van der Waals surface area contributed by atoms with E-state index in [0.29, 0.717) is 19.7 Å². The van der Waals surface area contributed by atoms with Crippen molar-refractivity contribution in [3.05, 3.63) is 0 Å². The molecule has 21 heavy (non-hydrogen) atoms. The molecule has 0 atom stereocenters. The van der Waals surface area contributed by atoms with Crippen molar-refractivity contribution >= 4 is 11.8 Å². The Morgan fingerprint density at radius 3 is 2.67 bits per heavy atom. The predicted molar refractivity (Wildman–Crippen MR) is 79.0 cm³/mol. The molecule has 1 fully saturated rings. The van der Waals surface area contributed by atoms with Crippen molar-refractivity contribution in [3.8, 4) is 0 Å². The zero-order valence-corrected chi connectivity index (χ0v) is 13.1. The fourth-order valence-corrected chi connectivity index (χ4v) is 2.11. The number of carbonyl (C=O) groups excluding carboxylic acids is 2. The van der Waals surface area contributed by atoms with E-state index < -0.39 is 0 Å². The van der Waals surface area contributed by atoms with E-state index in [-0.39, 0.29) is 18.4 Å². The second-order valence-electron chi connectivity index (χ2n) is 5.09. The van der Waals surface area contributed by atoms with Crippen molar-refractivity contribution in [1.82, 2.24) is 15.1 Å². The van der Waals surface area contributed by atoms with Crippen LogP contribution in [0.2, 0.25) is 0 Å². The molecule has 0 spiro atoms. The van der Waals surface area contributed by atoms with Crippen LogP contribution in [0.4, 0.5) is 0 Å². The monoisotopic (exact) mass is 301 g/mol. The summed E-state index contributed by atoms with van der Waals surface area (Å²) in [5.74, 6) is -0.196. The number of morpholine rings is 1. The molecular formula is C14H27N3O4.